The van der Waals surface area contributed by atoms with E-state index in [0.29, 0.717) is 30.5 Å². The first-order valence-corrected chi connectivity index (χ1v) is 10.6. The maximum Gasteiger partial charge on any atom is 0.236 e. The van der Waals surface area contributed by atoms with Gasteiger partial charge in [0.25, 0.3) is 0 Å². The van der Waals surface area contributed by atoms with Crippen LogP contribution in [0.5, 0.6) is 0 Å². The quantitative estimate of drug-likeness (QED) is 0.334. The van der Waals surface area contributed by atoms with Gasteiger partial charge in [0.15, 0.2) is 11.7 Å². The number of furan rings is 1. The highest BCUT2D eigenvalue weighted by atomic mass is 127. The lowest BCUT2D eigenvalue weighted by Crippen LogP contribution is -2.54. The van der Waals surface area contributed by atoms with Crippen molar-refractivity contribution in [3.05, 3.63) is 24.2 Å². The largest absolute Gasteiger partial charge is 0.461 e. The third-order valence-corrected chi connectivity index (χ3v) is 5.64. The zero-order chi connectivity index (χ0) is 20.8. The Morgan fingerprint density at radius 1 is 1.16 bits per heavy atom. The Morgan fingerprint density at radius 3 is 2.61 bits per heavy atom. The monoisotopic (exact) mass is 542 g/mol. The molecule has 2 aliphatic rings. The van der Waals surface area contributed by atoms with Gasteiger partial charge >= 0.3 is 0 Å². The summed E-state index contributed by atoms with van der Waals surface area (Å²) in [6.07, 6.45) is 5.11. The highest BCUT2D eigenvalue weighted by molar-refractivity contribution is 14.0. The van der Waals surface area contributed by atoms with E-state index in [-0.39, 0.29) is 29.9 Å². The fourth-order valence-electron chi connectivity index (χ4n) is 3.94. The van der Waals surface area contributed by atoms with E-state index < -0.39 is 0 Å². The summed E-state index contributed by atoms with van der Waals surface area (Å²) in [7, 11) is 1.78. The number of piperazine rings is 1. The predicted molar refractivity (Wildman–Crippen MR) is 128 cm³/mol. The third kappa shape index (κ3) is 6.19. The summed E-state index contributed by atoms with van der Waals surface area (Å²) in [4.78, 5) is 27.8. The van der Waals surface area contributed by atoms with Gasteiger partial charge < -0.3 is 19.5 Å². The van der Waals surface area contributed by atoms with Crippen molar-refractivity contribution in [3.8, 4) is 11.6 Å². The highest BCUT2D eigenvalue weighted by Gasteiger charge is 2.24. The number of aliphatic imine (C=N–C) groups is 1. The molecule has 2 aromatic rings. The van der Waals surface area contributed by atoms with Gasteiger partial charge in [0.2, 0.25) is 11.7 Å². The first kappa shape index (κ1) is 23.5. The van der Waals surface area contributed by atoms with Gasteiger partial charge in [0.05, 0.1) is 19.4 Å². The lowest BCUT2D eigenvalue weighted by atomic mass is 10.1. The second kappa shape index (κ2) is 11.5. The molecule has 2 fully saturated rings. The van der Waals surface area contributed by atoms with Crippen molar-refractivity contribution in [3.63, 3.8) is 0 Å². The summed E-state index contributed by atoms with van der Waals surface area (Å²) in [5.41, 5.74) is 0. The average Bonchev–Trinajstić information content (AvgIpc) is 3.48. The molecule has 2 saturated heterocycles. The number of carbonyl (C=O) groups excluding carboxylic acids is 1. The third-order valence-electron chi connectivity index (χ3n) is 5.64. The van der Waals surface area contributed by atoms with Crippen LogP contribution in [0.3, 0.4) is 0 Å². The SMILES string of the molecule is CN=C(NCc1nc(-c2ccco2)n[nH]1)N1CCN(CC(=O)N2CCCCC2)CC1.I. The molecule has 0 unspecified atom stereocenters. The van der Waals surface area contributed by atoms with Crippen LogP contribution in [0.1, 0.15) is 25.1 Å². The molecule has 0 aromatic carbocycles. The number of nitrogens with one attached hydrogen (secondary N) is 2. The Labute approximate surface area is 199 Å². The number of piperidine rings is 1. The fraction of sp³-hybridized carbons (Fsp3) is 0.600. The lowest BCUT2D eigenvalue weighted by Gasteiger charge is -2.37. The summed E-state index contributed by atoms with van der Waals surface area (Å²) in [5.74, 6) is 2.99. The van der Waals surface area contributed by atoms with Gasteiger partial charge in [0.1, 0.15) is 5.82 Å². The molecule has 170 valence electrons. The Morgan fingerprint density at radius 2 is 1.94 bits per heavy atom. The van der Waals surface area contributed by atoms with Crippen molar-refractivity contribution in [1.82, 2.24) is 35.2 Å². The van der Waals surface area contributed by atoms with Crippen LogP contribution in [-0.2, 0) is 11.3 Å². The molecule has 0 saturated carbocycles. The number of hydrogen-bond donors (Lipinski definition) is 2. The summed E-state index contributed by atoms with van der Waals surface area (Å²) >= 11 is 0. The van der Waals surface area contributed by atoms with E-state index in [2.05, 4.69) is 35.3 Å². The minimum Gasteiger partial charge on any atom is -0.461 e. The van der Waals surface area contributed by atoms with E-state index in [1.807, 2.05) is 17.0 Å². The number of carbonyl (C=O) groups is 1. The number of halogens is 1. The number of amides is 1. The van der Waals surface area contributed by atoms with Crippen molar-refractivity contribution in [2.75, 3.05) is 52.9 Å². The molecule has 2 aliphatic heterocycles. The number of likely N-dealkylation sites (tertiary alicyclic amines) is 1. The molecule has 0 spiro atoms. The molecule has 0 radical (unpaired) electrons. The van der Waals surface area contributed by atoms with Crippen LogP contribution in [0.2, 0.25) is 0 Å². The first-order valence-electron chi connectivity index (χ1n) is 10.6. The molecule has 2 aromatic heterocycles. The molecule has 4 heterocycles. The van der Waals surface area contributed by atoms with Crippen LogP contribution >= 0.6 is 24.0 Å². The van der Waals surface area contributed by atoms with Crippen molar-refractivity contribution in [2.45, 2.75) is 25.8 Å². The van der Waals surface area contributed by atoms with Crippen LogP contribution in [0, 0.1) is 0 Å². The predicted octanol–water partition coefficient (Wildman–Crippen LogP) is 1.39. The summed E-state index contributed by atoms with van der Waals surface area (Å²) in [5, 5.41) is 10.5. The van der Waals surface area contributed by atoms with Crippen molar-refractivity contribution >= 4 is 35.8 Å². The molecule has 0 atom stereocenters. The number of aromatic amines is 1. The molecular weight excluding hydrogens is 511 g/mol. The normalized spacial score (nSPS) is 18.0. The number of nitrogens with zero attached hydrogens (tertiary/aromatic N) is 6. The minimum atomic E-state index is 0. The summed E-state index contributed by atoms with van der Waals surface area (Å²) < 4.78 is 5.32. The maximum absolute atomic E-state index is 12.5. The van der Waals surface area contributed by atoms with E-state index in [4.69, 9.17) is 4.42 Å². The molecule has 0 aliphatic carbocycles. The molecular formula is C20H31IN8O2. The first-order chi connectivity index (χ1) is 14.7. The Hall–Kier alpha value is -2.15. The molecule has 1 amide bonds. The zero-order valence-electron chi connectivity index (χ0n) is 17.9. The lowest BCUT2D eigenvalue weighted by molar-refractivity contribution is -0.133. The summed E-state index contributed by atoms with van der Waals surface area (Å²) in [6.45, 7) is 6.22. The van der Waals surface area contributed by atoms with Crippen LogP contribution in [0.4, 0.5) is 0 Å². The van der Waals surface area contributed by atoms with E-state index >= 15 is 0 Å². The van der Waals surface area contributed by atoms with E-state index in [0.717, 1.165) is 58.1 Å². The van der Waals surface area contributed by atoms with Gasteiger partial charge in [-0.2, -0.15) is 0 Å². The second-order valence-corrected chi connectivity index (χ2v) is 7.69. The minimum absolute atomic E-state index is 0. The molecule has 31 heavy (non-hydrogen) atoms. The van der Waals surface area contributed by atoms with Gasteiger partial charge in [-0.25, -0.2) is 4.98 Å². The Bertz CT molecular complexity index is 839. The van der Waals surface area contributed by atoms with E-state index in [9.17, 15) is 4.79 Å². The average molecular weight is 542 g/mol. The Kier molecular flexibility index (Phi) is 8.69. The van der Waals surface area contributed by atoms with Crippen molar-refractivity contribution in [1.29, 1.82) is 0 Å². The van der Waals surface area contributed by atoms with Crippen LogP contribution in [-0.4, -0.2) is 94.6 Å². The van der Waals surface area contributed by atoms with Crippen molar-refractivity contribution in [2.24, 2.45) is 4.99 Å². The number of H-pyrrole nitrogens is 1. The topological polar surface area (TPSA) is 106 Å². The smallest absolute Gasteiger partial charge is 0.236 e. The molecule has 0 bridgehead atoms. The van der Waals surface area contributed by atoms with Gasteiger partial charge in [-0.05, 0) is 31.4 Å². The number of hydrogen-bond acceptors (Lipinski definition) is 6. The second-order valence-electron chi connectivity index (χ2n) is 7.69. The summed E-state index contributed by atoms with van der Waals surface area (Å²) in [6, 6.07) is 3.64. The zero-order valence-corrected chi connectivity index (χ0v) is 20.2. The Balaban J connectivity index is 0.00000272. The standard InChI is InChI=1S/C20H30N8O2.HI/c1-21-20(22-14-17-23-19(25-24-17)16-6-5-13-30-16)28-11-9-26(10-12-28)15-18(29)27-7-3-2-4-8-27;/h5-6,13H,2-4,7-12,14-15H2,1H3,(H,21,22)(H,23,24,25);1H. The van der Waals surface area contributed by atoms with Gasteiger partial charge in [-0.1, -0.05) is 0 Å². The van der Waals surface area contributed by atoms with Gasteiger partial charge in [-0.3, -0.25) is 19.8 Å². The molecule has 4 rings (SSSR count). The van der Waals surface area contributed by atoms with Gasteiger partial charge in [-0.15, -0.1) is 29.1 Å². The van der Waals surface area contributed by atoms with E-state index in [1.54, 1.807) is 13.3 Å². The number of guanidine groups is 1. The highest BCUT2D eigenvalue weighted by Crippen LogP contribution is 2.14. The number of aromatic nitrogens is 3. The van der Waals surface area contributed by atoms with E-state index in [1.165, 1.54) is 6.42 Å². The van der Waals surface area contributed by atoms with Crippen molar-refractivity contribution < 1.29 is 9.21 Å². The van der Waals surface area contributed by atoms with Gasteiger partial charge in [0, 0.05) is 46.3 Å². The molecule has 10 nitrogen and oxygen atoms in total. The van der Waals surface area contributed by atoms with Crippen LogP contribution < -0.4 is 5.32 Å². The number of rotatable bonds is 5. The molecule has 2 N–H and O–H groups in total. The van der Waals surface area contributed by atoms with Crippen LogP contribution in [0.15, 0.2) is 27.8 Å². The van der Waals surface area contributed by atoms with Crippen LogP contribution in [0.25, 0.3) is 11.6 Å². The fourth-order valence-corrected chi connectivity index (χ4v) is 3.94. The maximum atomic E-state index is 12.5. The molecule has 11 heteroatoms.